The van der Waals surface area contributed by atoms with Gasteiger partial charge >= 0.3 is 31.1 Å². The fraction of sp³-hybridized carbons (Fsp3) is 0.385. The van der Waals surface area contributed by atoms with Gasteiger partial charge in [0.05, 0.1) is 0 Å². The zero-order valence-corrected chi connectivity index (χ0v) is 13.5. The van der Waals surface area contributed by atoms with E-state index in [1.165, 1.54) is 16.7 Å². The van der Waals surface area contributed by atoms with Crippen LogP contribution in [0.25, 0.3) is 6.08 Å². The monoisotopic (exact) mass is 410 g/mol. The van der Waals surface area contributed by atoms with Crippen molar-refractivity contribution in [1.29, 1.82) is 0 Å². The van der Waals surface area contributed by atoms with Gasteiger partial charge < -0.3 is 17.7 Å². The molecule has 0 heterocycles. The summed E-state index contributed by atoms with van der Waals surface area (Å²) in [6.07, 6.45) is 5.05. The molecule has 0 aliphatic carbocycles. The minimum absolute atomic E-state index is 0. The van der Waals surface area contributed by atoms with Crippen LogP contribution in [0.15, 0.2) is 12.1 Å². The summed E-state index contributed by atoms with van der Waals surface area (Å²) in [5.74, 6) is 0.552. The molecule has 1 aromatic carbocycles. The largest absolute Gasteiger partial charge is 2.00 e. The summed E-state index contributed by atoms with van der Waals surface area (Å²) in [5.41, 5.74) is 3.71. The van der Waals surface area contributed by atoms with Gasteiger partial charge in [-0.25, -0.2) is 11.6 Å². The van der Waals surface area contributed by atoms with Crippen LogP contribution in [0.4, 0.5) is 0 Å². The third-order valence-electron chi connectivity index (χ3n) is 2.07. The molecule has 0 aromatic heterocycles. The van der Waals surface area contributed by atoms with Crippen molar-refractivity contribution in [2.24, 2.45) is 0 Å². The number of aryl methyl sites for hydroxylation is 1. The summed E-state index contributed by atoms with van der Waals surface area (Å²) in [5, 5.41) is 0. The molecule has 0 atom stereocenters. The van der Waals surface area contributed by atoms with Gasteiger partial charge in [0.2, 0.25) is 0 Å². The molecular weight excluding hydrogens is 394 g/mol. The molecule has 0 nitrogen and oxygen atoms in total. The Balaban J connectivity index is 0.00000169. The molecule has 72 valence electrons. The van der Waals surface area contributed by atoms with Crippen LogP contribution in [0.2, 0.25) is 0 Å². The topological polar surface area (TPSA) is 0 Å². The van der Waals surface area contributed by atoms with Gasteiger partial charge in [0.15, 0.2) is 0 Å². The smallest absolute Gasteiger partial charge is 0.330 e. The molecule has 0 spiro atoms. The minimum atomic E-state index is 0. The summed E-state index contributed by atoms with van der Waals surface area (Å²) >= 11 is 0. The summed E-state index contributed by atoms with van der Waals surface area (Å²) in [4.78, 5) is 0. The van der Waals surface area contributed by atoms with E-state index in [1.54, 1.807) is 0 Å². The Bertz CT molecular complexity index is 311. The predicted octanol–water partition coefficient (Wildman–Crippen LogP) is 3.75. The zero-order chi connectivity index (χ0) is 9.84. The first-order valence-corrected chi connectivity index (χ1v) is 4.68. The van der Waals surface area contributed by atoms with Crippen LogP contribution in [0.5, 0.6) is 0 Å². The molecule has 0 fully saturated rings. The van der Waals surface area contributed by atoms with Crippen molar-refractivity contribution in [2.45, 2.75) is 33.6 Å². The Morgan fingerprint density at radius 1 is 1.36 bits per heavy atom. The molecule has 0 bridgehead atoms. The van der Waals surface area contributed by atoms with E-state index in [2.05, 4.69) is 45.0 Å². The number of allylic oxidation sites excluding steroid dienone is 1. The summed E-state index contributed by atoms with van der Waals surface area (Å²) < 4.78 is 0. The van der Waals surface area contributed by atoms with Crippen molar-refractivity contribution in [2.75, 3.05) is 0 Å². The van der Waals surface area contributed by atoms with Crippen molar-refractivity contribution in [3.05, 3.63) is 41.0 Å². The molecule has 0 amide bonds. The first-order chi connectivity index (χ1) is 6.15. The molecule has 0 saturated heterocycles. The Kier molecular flexibility index (Phi) is 6.49. The third kappa shape index (κ3) is 3.64. The van der Waals surface area contributed by atoms with Crippen molar-refractivity contribution in [1.82, 2.24) is 0 Å². The molecule has 1 rings (SSSR count). The van der Waals surface area contributed by atoms with E-state index < -0.39 is 0 Å². The summed E-state index contributed by atoms with van der Waals surface area (Å²) in [7, 11) is 0. The molecule has 1 heteroatoms. The van der Waals surface area contributed by atoms with Gasteiger partial charge in [0.25, 0.3) is 0 Å². The molecule has 1 aromatic rings. The summed E-state index contributed by atoms with van der Waals surface area (Å²) in [6.45, 7) is 8.38. The van der Waals surface area contributed by atoms with E-state index >= 15 is 0 Å². The van der Waals surface area contributed by atoms with Gasteiger partial charge in [-0.05, 0) is 0 Å². The zero-order valence-electron chi connectivity index (χ0n) is 9.31. The van der Waals surface area contributed by atoms with Gasteiger partial charge in [-0.1, -0.05) is 26.7 Å². The standard InChI is InChI=1S/C13H16.U/c1-5-6-12-9-11(4)7-8-13(12)10(2)3;/h6-8,10H,1-4H3;/q-2;+2. The van der Waals surface area contributed by atoms with E-state index in [0.717, 1.165) is 0 Å². The van der Waals surface area contributed by atoms with Crippen LogP contribution in [-0.4, -0.2) is 0 Å². The van der Waals surface area contributed by atoms with Gasteiger partial charge in [-0.2, -0.15) is 11.6 Å². The van der Waals surface area contributed by atoms with E-state index in [1.807, 2.05) is 13.0 Å². The van der Waals surface area contributed by atoms with Gasteiger partial charge in [0.1, 0.15) is 0 Å². The van der Waals surface area contributed by atoms with Gasteiger partial charge in [-0.15, -0.1) is 13.0 Å². The summed E-state index contributed by atoms with van der Waals surface area (Å²) in [6, 6.07) is 7.63. The fourth-order valence-electron chi connectivity index (χ4n) is 1.40. The predicted molar refractivity (Wildman–Crippen MR) is 57.5 cm³/mol. The number of hydrogen-bond donors (Lipinski definition) is 0. The maximum absolute atomic E-state index is 3.34. The van der Waals surface area contributed by atoms with E-state index in [-0.39, 0.29) is 31.1 Å². The molecule has 0 unspecified atom stereocenters. The quantitative estimate of drug-likeness (QED) is 0.652. The molecule has 0 aliphatic heterocycles. The van der Waals surface area contributed by atoms with E-state index in [9.17, 15) is 0 Å². The van der Waals surface area contributed by atoms with Crippen LogP contribution in [-0.2, 0) is 0 Å². The number of rotatable bonds is 2. The minimum Gasteiger partial charge on any atom is -0.330 e. The van der Waals surface area contributed by atoms with E-state index in [0.29, 0.717) is 5.92 Å². The Labute approximate surface area is 111 Å². The maximum atomic E-state index is 3.34. The Hall–Kier alpha value is 0.0119. The molecule has 0 aliphatic rings. The first kappa shape index (κ1) is 14.0. The number of benzene rings is 1. The van der Waals surface area contributed by atoms with Gasteiger partial charge in [-0.3, -0.25) is 0 Å². The Morgan fingerprint density at radius 2 is 2.00 bits per heavy atom. The second-order valence-electron chi connectivity index (χ2n) is 3.60. The van der Waals surface area contributed by atoms with Crippen LogP contribution < -0.4 is 0 Å². The normalized spacial score (nSPS) is 10.6. The van der Waals surface area contributed by atoms with Gasteiger partial charge in [0, 0.05) is 0 Å². The van der Waals surface area contributed by atoms with Crippen LogP contribution in [0, 0.1) is 50.2 Å². The second-order valence-corrected chi connectivity index (χ2v) is 3.60. The molecular formula is C13H16U. The number of hydrogen-bond acceptors (Lipinski definition) is 0. The maximum Gasteiger partial charge on any atom is 2.00 e. The average molecular weight is 410 g/mol. The Morgan fingerprint density at radius 3 is 2.50 bits per heavy atom. The molecule has 14 heavy (non-hydrogen) atoms. The average Bonchev–Trinajstić information content (AvgIpc) is 2.04. The van der Waals surface area contributed by atoms with Crippen LogP contribution >= 0.6 is 0 Å². The molecule has 0 radical (unpaired) electrons. The first-order valence-electron chi connectivity index (χ1n) is 4.68. The van der Waals surface area contributed by atoms with E-state index in [4.69, 9.17) is 0 Å². The van der Waals surface area contributed by atoms with Crippen molar-refractivity contribution >= 4 is 6.08 Å². The van der Waals surface area contributed by atoms with Crippen molar-refractivity contribution < 1.29 is 31.1 Å². The van der Waals surface area contributed by atoms with Crippen molar-refractivity contribution in [3.8, 4) is 0 Å². The van der Waals surface area contributed by atoms with Crippen LogP contribution in [0.1, 0.15) is 43.4 Å². The molecule has 0 saturated carbocycles. The second kappa shape index (κ2) is 6.49. The van der Waals surface area contributed by atoms with Crippen molar-refractivity contribution in [3.63, 3.8) is 0 Å². The SMILES string of the molecule is C[C-]=Cc1[c-]c(C)ccc1C(C)C.[U+2]. The third-order valence-corrected chi connectivity index (χ3v) is 2.07. The molecule has 0 N–H and O–H groups in total. The fourth-order valence-corrected chi connectivity index (χ4v) is 1.40. The van der Waals surface area contributed by atoms with Crippen LogP contribution in [0.3, 0.4) is 0 Å².